The summed E-state index contributed by atoms with van der Waals surface area (Å²) in [5.41, 5.74) is 6.43. The van der Waals surface area contributed by atoms with Gasteiger partial charge in [0.2, 0.25) is 0 Å². The second-order valence-electron chi connectivity index (χ2n) is 4.99. The van der Waals surface area contributed by atoms with Crippen molar-refractivity contribution in [2.75, 3.05) is 6.61 Å². The van der Waals surface area contributed by atoms with Crippen LogP contribution in [0, 0.1) is 0 Å². The summed E-state index contributed by atoms with van der Waals surface area (Å²) in [5.74, 6) is -0.614. The SMILES string of the molecule is C[C@H](NC(=O)COc1ccccc1C(N)=O)c1ccc(Cl)cc1. The molecule has 1 atom stereocenters. The van der Waals surface area contributed by atoms with Crippen LogP contribution in [-0.4, -0.2) is 18.4 Å². The van der Waals surface area contributed by atoms with Crippen LogP contribution >= 0.6 is 11.6 Å². The fourth-order valence-corrected chi connectivity index (χ4v) is 2.18. The molecule has 0 saturated carbocycles. The first-order valence-electron chi connectivity index (χ1n) is 7.04. The fraction of sp³-hybridized carbons (Fsp3) is 0.176. The van der Waals surface area contributed by atoms with E-state index in [1.54, 1.807) is 36.4 Å². The highest BCUT2D eigenvalue weighted by Gasteiger charge is 2.12. The van der Waals surface area contributed by atoms with Crippen molar-refractivity contribution in [2.24, 2.45) is 5.73 Å². The van der Waals surface area contributed by atoms with Crippen molar-refractivity contribution in [3.63, 3.8) is 0 Å². The summed E-state index contributed by atoms with van der Waals surface area (Å²) in [7, 11) is 0. The minimum Gasteiger partial charge on any atom is -0.483 e. The van der Waals surface area contributed by atoms with Gasteiger partial charge in [-0.25, -0.2) is 0 Å². The number of carbonyl (C=O) groups excluding carboxylic acids is 2. The molecular weight excluding hydrogens is 316 g/mol. The quantitative estimate of drug-likeness (QED) is 0.853. The summed E-state index contributed by atoms with van der Waals surface area (Å²) in [6.45, 7) is 1.65. The number of benzene rings is 2. The highest BCUT2D eigenvalue weighted by Crippen LogP contribution is 2.18. The second-order valence-corrected chi connectivity index (χ2v) is 5.43. The van der Waals surface area contributed by atoms with Crippen molar-refractivity contribution in [3.8, 4) is 5.75 Å². The molecule has 0 aliphatic carbocycles. The highest BCUT2D eigenvalue weighted by atomic mass is 35.5. The molecule has 0 radical (unpaired) electrons. The monoisotopic (exact) mass is 332 g/mol. The lowest BCUT2D eigenvalue weighted by atomic mass is 10.1. The van der Waals surface area contributed by atoms with Crippen LogP contribution in [0.4, 0.5) is 0 Å². The van der Waals surface area contributed by atoms with Gasteiger partial charge >= 0.3 is 0 Å². The number of primary amides is 1. The van der Waals surface area contributed by atoms with Crippen LogP contribution in [0.1, 0.15) is 28.9 Å². The van der Waals surface area contributed by atoms with E-state index in [1.807, 2.05) is 19.1 Å². The molecule has 0 aliphatic heterocycles. The van der Waals surface area contributed by atoms with Gasteiger partial charge in [-0.3, -0.25) is 9.59 Å². The molecule has 2 aromatic rings. The highest BCUT2D eigenvalue weighted by molar-refractivity contribution is 6.30. The summed E-state index contributed by atoms with van der Waals surface area (Å²) >= 11 is 5.83. The smallest absolute Gasteiger partial charge is 0.258 e. The number of carbonyl (C=O) groups is 2. The van der Waals surface area contributed by atoms with E-state index >= 15 is 0 Å². The summed E-state index contributed by atoms with van der Waals surface area (Å²) < 4.78 is 5.38. The van der Waals surface area contributed by atoms with Crippen LogP contribution in [0.5, 0.6) is 5.75 Å². The van der Waals surface area contributed by atoms with Gasteiger partial charge in [0.05, 0.1) is 11.6 Å². The van der Waals surface area contributed by atoms with Crippen LogP contribution in [0.3, 0.4) is 0 Å². The first-order valence-corrected chi connectivity index (χ1v) is 7.41. The zero-order valence-electron chi connectivity index (χ0n) is 12.6. The largest absolute Gasteiger partial charge is 0.483 e. The number of hydrogen-bond donors (Lipinski definition) is 2. The molecule has 0 bridgehead atoms. The number of para-hydroxylation sites is 1. The molecule has 0 aliphatic rings. The van der Waals surface area contributed by atoms with Crippen LogP contribution < -0.4 is 15.8 Å². The molecule has 3 N–H and O–H groups in total. The predicted octanol–water partition coefficient (Wildman–Crippen LogP) is 2.70. The zero-order valence-corrected chi connectivity index (χ0v) is 13.3. The number of rotatable bonds is 6. The number of amides is 2. The van der Waals surface area contributed by atoms with Gasteiger partial charge in [0.1, 0.15) is 5.75 Å². The third-order valence-corrected chi connectivity index (χ3v) is 3.51. The van der Waals surface area contributed by atoms with Crippen LogP contribution in [0.15, 0.2) is 48.5 Å². The molecule has 5 nitrogen and oxygen atoms in total. The Balaban J connectivity index is 1.93. The topological polar surface area (TPSA) is 81.4 Å². The number of ether oxygens (including phenoxy) is 1. The third kappa shape index (κ3) is 4.72. The molecule has 0 heterocycles. The molecule has 2 amide bonds. The van der Waals surface area contributed by atoms with Crippen molar-refractivity contribution in [1.29, 1.82) is 0 Å². The lowest BCUT2D eigenvalue weighted by Gasteiger charge is -2.15. The Bertz CT molecular complexity index is 701. The standard InChI is InChI=1S/C17H17ClN2O3/c1-11(12-6-8-13(18)9-7-12)20-16(21)10-23-15-5-3-2-4-14(15)17(19)22/h2-9,11H,10H2,1H3,(H2,19,22)(H,20,21)/t11-/m0/s1. The van der Waals surface area contributed by atoms with E-state index in [1.165, 1.54) is 0 Å². The Labute approximate surface area is 139 Å². The van der Waals surface area contributed by atoms with E-state index in [9.17, 15) is 9.59 Å². The fourth-order valence-electron chi connectivity index (χ4n) is 2.06. The second kappa shape index (κ2) is 7.65. The summed E-state index contributed by atoms with van der Waals surface area (Å²) in [6, 6.07) is 13.5. The molecule has 120 valence electrons. The Morgan fingerprint density at radius 1 is 1.17 bits per heavy atom. The van der Waals surface area contributed by atoms with Crippen LogP contribution in [0.2, 0.25) is 5.02 Å². The molecule has 0 spiro atoms. The normalized spacial score (nSPS) is 11.6. The number of halogens is 1. The number of nitrogens with two attached hydrogens (primary N) is 1. The van der Waals surface area contributed by atoms with Gasteiger partial charge in [-0.05, 0) is 36.8 Å². The van der Waals surface area contributed by atoms with E-state index in [-0.39, 0.29) is 29.9 Å². The lowest BCUT2D eigenvalue weighted by Crippen LogP contribution is -2.31. The summed E-state index contributed by atoms with van der Waals surface area (Å²) in [6.07, 6.45) is 0. The van der Waals surface area contributed by atoms with Gasteiger partial charge in [0, 0.05) is 5.02 Å². The molecule has 0 saturated heterocycles. The summed E-state index contributed by atoms with van der Waals surface area (Å²) in [5, 5.41) is 3.45. The van der Waals surface area contributed by atoms with Crippen molar-refractivity contribution in [1.82, 2.24) is 5.32 Å². The van der Waals surface area contributed by atoms with Crippen molar-refractivity contribution < 1.29 is 14.3 Å². The number of nitrogens with one attached hydrogen (secondary N) is 1. The minimum absolute atomic E-state index is 0.185. The Morgan fingerprint density at radius 2 is 1.83 bits per heavy atom. The molecule has 0 unspecified atom stereocenters. The van der Waals surface area contributed by atoms with Gasteiger partial charge in [0.15, 0.2) is 6.61 Å². The molecule has 2 rings (SSSR count). The molecule has 0 fully saturated rings. The van der Waals surface area contributed by atoms with Gasteiger partial charge in [-0.15, -0.1) is 0 Å². The average molecular weight is 333 g/mol. The molecule has 6 heteroatoms. The van der Waals surface area contributed by atoms with Crippen molar-refractivity contribution in [2.45, 2.75) is 13.0 Å². The first-order chi connectivity index (χ1) is 11.0. The third-order valence-electron chi connectivity index (χ3n) is 3.26. The van der Waals surface area contributed by atoms with Crippen LogP contribution in [0.25, 0.3) is 0 Å². The van der Waals surface area contributed by atoms with Gasteiger partial charge in [-0.1, -0.05) is 35.9 Å². The Kier molecular flexibility index (Phi) is 5.60. The average Bonchev–Trinajstić information content (AvgIpc) is 2.53. The molecule has 23 heavy (non-hydrogen) atoms. The Morgan fingerprint density at radius 3 is 2.48 bits per heavy atom. The van der Waals surface area contributed by atoms with Crippen molar-refractivity contribution in [3.05, 3.63) is 64.7 Å². The number of hydrogen-bond acceptors (Lipinski definition) is 3. The summed E-state index contributed by atoms with van der Waals surface area (Å²) in [4.78, 5) is 23.3. The van der Waals surface area contributed by atoms with E-state index in [0.29, 0.717) is 5.02 Å². The van der Waals surface area contributed by atoms with E-state index in [4.69, 9.17) is 22.1 Å². The maximum Gasteiger partial charge on any atom is 0.258 e. The molecule has 2 aromatic carbocycles. The van der Waals surface area contributed by atoms with E-state index < -0.39 is 5.91 Å². The van der Waals surface area contributed by atoms with Gasteiger partial charge in [-0.2, -0.15) is 0 Å². The van der Waals surface area contributed by atoms with Gasteiger partial charge in [0.25, 0.3) is 11.8 Å². The molecule has 0 aromatic heterocycles. The Hall–Kier alpha value is -2.53. The minimum atomic E-state index is -0.601. The first kappa shape index (κ1) is 16.8. The van der Waals surface area contributed by atoms with E-state index in [0.717, 1.165) is 5.56 Å². The maximum atomic E-state index is 12.0. The van der Waals surface area contributed by atoms with Crippen molar-refractivity contribution >= 4 is 23.4 Å². The van der Waals surface area contributed by atoms with E-state index in [2.05, 4.69) is 5.32 Å². The lowest BCUT2D eigenvalue weighted by molar-refractivity contribution is -0.123. The van der Waals surface area contributed by atoms with Gasteiger partial charge < -0.3 is 15.8 Å². The van der Waals surface area contributed by atoms with Crippen LogP contribution in [-0.2, 0) is 4.79 Å². The molecular formula is C17H17ClN2O3. The zero-order chi connectivity index (χ0) is 16.8. The predicted molar refractivity (Wildman–Crippen MR) is 88.5 cm³/mol. The maximum absolute atomic E-state index is 12.0.